The summed E-state index contributed by atoms with van der Waals surface area (Å²) >= 11 is 0. The monoisotopic (exact) mass is 188 g/mol. The molecule has 0 radical (unpaired) electrons. The zero-order valence-corrected chi connectivity index (χ0v) is 7.18. The lowest BCUT2D eigenvalue weighted by Gasteiger charge is -2.00. The maximum absolute atomic E-state index is 12.3. The van der Waals surface area contributed by atoms with Gasteiger partial charge in [0.05, 0.1) is 11.2 Å². The molecule has 72 valence electrons. The maximum Gasteiger partial charge on any atom is 0.297 e. The van der Waals surface area contributed by atoms with Gasteiger partial charge in [-0.1, -0.05) is 0 Å². The van der Waals surface area contributed by atoms with E-state index in [9.17, 15) is 8.78 Å². The van der Waals surface area contributed by atoms with Gasteiger partial charge in [0, 0.05) is 0 Å². The standard InChI is InChI=1S/C8H10F2N2O/c1-4-5(6(9)10)13-7(12-4)8(11)2-3-8/h6H,2-3,11H2,1H3. The van der Waals surface area contributed by atoms with Crippen LogP contribution in [0.5, 0.6) is 0 Å². The number of aromatic nitrogens is 1. The van der Waals surface area contributed by atoms with Gasteiger partial charge in [0.1, 0.15) is 0 Å². The molecule has 1 saturated carbocycles. The first-order chi connectivity index (χ1) is 6.03. The molecule has 0 spiro atoms. The van der Waals surface area contributed by atoms with Gasteiger partial charge in [-0.15, -0.1) is 0 Å². The predicted molar refractivity (Wildman–Crippen MR) is 41.3 cm³/mol. The molecule has 1 aliphatic carbocycles. The molecule has 1 fully saturated rings. The minimum atomic E-state index is -2.61. The summed E-state index contributed by atoms with van der Waals surface area (Å²) in [5.74, 6) is -0.105. The third-order valence-corrected chi connectivity index (χ3v) is 2.25. The normalized spacial score (nSPS) is 19.5. The van der Waals surface area contributed by atoms with Crippen molar-refractivity contribution in [1.82, 2.24) is 4.98 Å². The van der Waals surface area contributed by atoms with Gasteiger partial charge < -0.3 is 10.2 Å². The minimum absolute atomic E-state index is 0.238. The van der Waals surface area contributed by atoms with Gasteiger partial charge in [-0.3, -0.25) is 0 Å². The Morgan fingerprint density at radius 1 is 1.54 bits per heavy atom. The summed E-state index contributed by atoms with van der Waals surface area (Å²) in [6, 6.07) is 0. The first kappa shape index (κ1) is 8.62. The summed E-state index contributed by atoms with van der Waals surface area (Å²) in [6.07, 6.45) is -1.09. The summed E-state index contributed by atoms with van der Waals surface area (Å²) < 4.78 is 29.5. The SMILES string of the molecule is Cc1nc(C2(N)CC2)oc1C(F)F. The Balaban J connectivity index is 2.35. The Kier molecular flexibility index (Phi) is 1.66. The summed E-state index contributed by atoms with van der Waals surface area (Å²) in [7, 11) is 0. The van der Waals surface area contributed by atoms with Crippen molar-refractivity contribution in [3.63, 3.8) is 0 Å². The van der Waals surface area contributed by atoms with E-state index < -0.39 is 12.0 Å². The number of nitrogens with zero attached hydrogens (tertiary/aromatic N) is 1. The topological polar surface area (TPSA) is 52.0 Å². The van der Waals surface area contributed by atoms with E-state index >= 15 is 0 Å². The lowest BCUT2D eigenvalue weighted by molar-refractivity contribution is 0.118. The fraction of sp³-hybridized carbons (Fsp3) is 0.625. The summed E-state index contributed by atoms with van der Waals surface area (Å²) in [4.78, 5) is 3.89. The molecule has 2 N–H and O–H groups in total. The average Bonchev–Trinajstić information content (AvgIpc) is 2.63. The highest BCUT2D eigenvalue weighted by Crippen LogP contribution is 2.43. The minimum Gasteiger partial charge on any atom is -0.437 e. The molecule has 1 aromatic heterocycles. The molecule has 3 nitrogen and oxygen atoms in total. The Labute approximate surface area is 73.9 Å². The number of halogens is 2. The second kappa shape index (κ2) is 2.51. The quantitative estimate of drug-likeness (QED) is 0.770. The zero-order chi connectivity index (χ0) is 9.64. The molecule has 0 saturated heterocycles. The number of alkyl halides is 2. The second-order valence-electron chi connectivity index (χ2n) is 3.43. The highest BCUT2D eigenvalue weighted by atomic mass is 19.3. The van der Waals surface area contributed by atoms with Crippen molar-refractivity contribution in [1.29, 1.82) is 0 Å². The lowest BCUT2D eigenvalue weighted by Crippen LogP contribution is -2.18. The third kappa shape index (κ3) is 1.33. The van der Waals surface area contributed by atoms with E-state index in [1.165, 1.54) is 6.92 Å². The second-order valence-corrected chi connectivity index (χ2v) is 3.43. The van der Waals surface area contributed by atoms with Crippen LogP contribution in [0.1, 0.15) is 36.6 Å². The summed E-state index contributed by atoms with van der Waals surface area (Å²) in [6.45, 7) is 1.50. The van der Waals surface area contributed by atoms with Crippen LogP contribution in [-0.4, -0.2) is 4.98 Å². The van der Waals surface area contributed by atoms with Gasteiger partial charge in [-0.2, -0.15) is 0 Å². The first-order valence-corrected chi connectivity index (χ1v) is 4.08. The smallest absolute Gasteiger partial charge is 0.297 e. The molecule has 5 heteroatoms. The van der Waals surface area contributed by atoms with Crippen molar-refractivity contribution in [2.24, 2.45) is 5.73 Å². The maximum atomic E-state index is 12.3. The zero-order valence-electron chi connectivity index (χ0n) is 7.18. The van der Waals surface area contributed by atoms with Crippen LogP contribution in [0.15, 0.2) is 4.42 Å². The van der Waals surface area contributed by atoms with Crippen LogP contribution in [0.2, 0.25) is 0 Å². The Morgan fingerprint density at radius 3 is 2.54 bits per heavy atom. The fourth-order valence-corrected chi connectivity index (χ4v) is 1.17. The highest BCUT2D eigenvalue weighted by molar-refractivity contribution is 5.18. The van der Waals surface area contributed by atoms with Crippen molar-refractivity contribution in [3.8, 4) is 0 Å². The highest BCUT2D eigenvalue weighted by Gasteiger charge is 2.45. The Bertz CT molecular complexity index is 331. The molecule has 0 unspecified atom stereocenters. The molecule has 0 aromatic carbocycles. The van der Waals surface area contributed by atoms with Gasteiger partial charge >= 0.3 is 0 Å². The summed E-state index contributed by atoms with van der Waals surface area (Å²) in [5, 5.41) is 0. The van der Waals surface area contributed by atoms with Gasteiger partial charge in [-0.25, -0.2) is 13.8 Å². The molecular weight excluding hydrogens is 178 g/mol. The van der Waals surface area contributed by atoms with Crippen molar-refractivity contribution < 1.29 is 13.2 Å². The van der Waals surface area contributed by atoms with Crippen LogP contribution in [0, 0.1) is 6.92 Å². The van der Waals surface area contributed by atoms with Crippen molar-refractivity contribution >= 4 is 0 Å². The Morgan fingerprint density at radius 2 is 2.15 bits per heavy atom. The van der Waals surface area contributed by atoms with Crippen molar-refractivity contribution in [2.75, 3.05) is 0 Å². The van der Waals surface area contributed by atoms with Gasteiger partial charge in [0.25, 0.3) is 6.43 Å². The molecule has 13 heavy (non-hydrogen) atoms. The summed E-state index contributed by atoms with van der Waals surface area (Å²) in [5.41, 5.74) is 5.42. The average molecular weight is 188 g/mol. The third-order valence-electron chi connectivity index (χ3n) is 2.25. The van der Waals surface area contributed by atoms with Crippen LogP contribution in [0.25, 0.3) is 0 Å². The van der Waals surface area contributed by atoms with Gasteiger partial charge in [0.15, 0.2) is 5.76 Å². The number of rotatable bonds is 2. The molecule has 0 amide bonds. The van der Waals surface area contributed by atoms with E-state index in [1.54, 1.807) is 0 Å². The molecule has 1 aliphatic rings. The van der Waals surface area contributed by atoms with E-state index in [-0.39, 0.29) is 17.3 Å². The lowest BCUT2D eigenvalue weighted by atomic mass is 10.3. The van der Waals surface area contributed by atoms with Crippen LogP contribution in [0.3, 0.4) is 0 Å². The fourth-order valence-electron chi connectivity index (χ4n) is 1.17. The van der Waals surface area contributed by atoms with E-state index in [2.05, 4.69) is 4.98 Å². The van der Waals surface area contributed by atoms with Crippen LogP contribution >= 0.6 is 0 Å². The van der Waals surface area contributed by atoms with Crippen molar-refractivity contribution in [3.05, 3.63) is 17.3 Å². The van der Waals surface area contributed by atoms with E-state index in [0.717, 1.165) is 12.8 Å². The predicted octanol–water partition coefficient (Wildman–Crippen LogP) is 1.87. The van der Waals surface area contributed by atoms with E-state index in [1.807, 2.05) is 0 Å². The van der Waals surface area contributed by atoms with Crippen LogP contribution in [0.4, 0.5) is 8.78 Å². The van der Waals surface area contributed by atoms with Crippen LogP contribution < -0.4 is 5.73 Å². The number of oxazole rings is 1. The first-order valence-electron chi connectivity index (χ1n) is 4.08. The molecule has 0 atom stereocenters. The number of aryl methyl sites for hydroxylation is 1. The molecule has 0 bridgehead atoms. The molecule has 0 aliphatic heterocycles. The number of nitrogens with two attached hydrogens (primary N) is 1. The van der Waals surface area contributed by atoms with Crippen molar-refractivity contribution in [2.45, 2.75) is 31.7 Å². The van der Waals surface area contributed by atoms with Gasteiger partial charge in [0.2, 0.25) is 5.89 Å². The van der Waals surface area contributed by atoms with Gasteiger partial charge in [-0.05, 0) is 19.8 Å². The molecular formula is C8H10F2N2O. The number of hydrogen-bond donors (Lipinski definition) is 1. The molecule has 1 heterocycles. The Hall–Kier alpha value is -0.970. The van der Waals surface area contributed by atoms with E-state index in [4.69, 9.17) is 10.2 Å². The largest absolute Gasteiger partial charge is 0.437 e. The molecule has 2 rings (SSSR count). The van der Waals surface area contributed by atoms with E-state index in [0.29, 0.717) is 0 Å². The number of hydrogen-bond acceptors (Lipinski definition) is 3. The van der Waals surface area contributed by atoms with Crippen LogP contribution in [-0.2, 0) is 5.54 Å². The molecule has 1 aromatic rings.